The van der Waals surface area contributed by atoms with Gasteiger partial charge in [-0.1, -0.05) is 12.1 Å². The molecule has 4 nitrogen and oxygen atoms in total. The second kappa shape index (κ2) is 11.3. The lowest BCUT2D eigenvalue weighted by Crippen LogP contribution is -2.39. The topological polar surface area (TPSA) is 36.9 Å². The van der Waals surface area contributed by atoms with Crippen LogP contribution in [-0.4, -0.2) is 38.1 Å². The number of rotatable bonds is 7. The van der Waals surface area contributed by atoms with Crippen molar-refractivity contribution in [2.24, 2.45) is 4.99 Å². The highest BCUT2D eigenvalue weighted by Gasteiger charge is 2.08. The number of thiophene rings is 1. The van der Waals surface area contributed by atoms with Crippen molar-refractivity contribution in [2.45, 2.75) is 19.9 Å². The first kappa shape index (κ1) is 21.7. The van der Waals surface area contributed by atoms with E-state index < -0.39 is 0 Å². The Labute approximate surface area is 170 Å². The third-order valence-electron chi connectivity index (χ3n) is 3.59. The van der Waals surface area contributed by atoms with Gasteiger partial charge in [0.05, 0.1) is 6.61 Å². The smallest absolute Gasteiger partial charge is 0.193 e. The summed E-state index contributed by atoms with van der Waals surface area (Å²) in [6.45, 7) is 3.68. The van der Waals surface area contributed by atoms with E-state index in [4.69, 9.17) is 4.74 Å². The van der Waals surface area contributed by atoms with Crippen LogP contribution in [0.3, 0.4) is 0 Å². The molecule has 25 heavy (non-hydrogen) atoms. The normalized spacial score (nSPS) is 11.0. The van der Waals surface area contributed by atoms with Crippen LogP contribution in [0.15, 0.2) is 40.7 Å². The first-order valence-electron chi connectivity index (χ1n) is 7.99. The highest BCUT2D eigenvalue weighted by Crippen LogP contribution is 2.18. The van der Waals surface area contributed by atoms with Gasteiger partial charge in [-0.3, -0.25) is 4.99 Å². The van der Waals surface area contributed by atoms with E-state index in [2.05, 4.69) is 32.7 Å². The average Bonchev–Trinajstić information content (AvgIpc) is 3.09. The van der Waals surface area contributed by atoms with Crippen molar-refractivity contribution in [3.05, 3.63) is 52.0 Å². The van der Waals surface area contributed by atoms with Crippen molar-refractivity contribution in [1.82, 2.24) is 10.2 Å². The fourth-order valence-corrected chi connectivity index (χ4v) is 3.03. The molecule has 7 heteroatoms. The molecule has 0 aliphatic rings. The van der Waals surface area contributed by atoms with E-state index in [-0.39, 0.29) is 29.8 Å². The molecule has 1 aromatic heterocycles. The highest BCUT2D eigenvalue weighted by atomic mass is 127. The minimum absolute atomic E-state index is 0. The number of ether oxygens (including phenoxy) is 1. The molecule has 0 amide bonds. The van der Waals surface area contributed by atoms with Gasteiger partial charge in [0.25, 0.3) is 0 Å². The van der Waals surface area contributed by atoms with Gasteiger partial charge in [0.15, 0.2) is 17.5 Å². The Bertz CT molecular complexity index is 664. The van der Waals surface area contributed by atoms with Gasteiger partial charge in [-0.2, -0.15) is 0 Å². The molecule has 0 saturated heterocycles. The molecule has 0 atom stereocenters. The average molecular weight is 477 g/mol. The van der Waals surface area contributed by atoms with E-state index in [9.17, 15) is 4.39 Å². The molecule has 0 saturated carbocycles. The molecule has 0 fully saturated rings. The predicted octanol–water partition coefficient (Wildman–Crippen LogP) is 4.15. The van der Waals surface area contributed by atoms with Gasteiger partial charge in [-0.15, -0.1) is 35.3 Å². The van der Waals surface area contributed by atoms with E-state index in [0.29, 0.717) is 18.9 Å². The molecule has 0 unspecified atom stereocenters. The van der Waals surface area contributed by atoms with Crippen LogP contribution in [0.2, 0.25) is 0 Å². The van der Waals surface area contributed by atoms with Crippen molar-refractivity contribution in [2.75, 3.05) is 27.2 Å². The van der Waals surface area contributed by atoms with Crippen molar-refractivity contribution < 1.29 is 9.13 Å². The van der Waals surface area contributed by atoms with Crippen LogP contribution in [0.5, 0.6) is 5.75 Å². The third kappa shape index (κ3) is 6.81. The molecule has 0 aliphatic heterocycles. The zero-order valence-corrected chi connectivity index (χ0v) is 17.9. The fourth-order valence-electron chi connectivity index (χ4n) is 2.33. The van der Waals surface area contributed by atoms with Gasteiger partial charge in [0, 0.05) is 32.1 Å². The number of nitrogens with one attached hydrogen (secondary N) is 1. The van der Waals surface area contributed by atoms with Crippen molar-refractivity contribution in [3.63, 3.8) is 0 Å². The minimum atomic E-state index is -0.336. The first-order valence-corrected chi connectivity index (χ1v) is 8.87. The number of aliphatic imine (C=N–C) groups is 1. The number of guanidine groups is 1. The standard InChI is InChI=1S/C18H24FN3OS.HI/c1-4-23-17-8-7-14(12-16(17)19)13-21-18(20-2)22(3)10-9-15-6-5-11-24-15;/h5-8,11-12H,4,9-10,13H2,1-3H3,(H,20,21);1H. The molecule has 1 heterocycles. The minimum Gasteiger partial charge on any atom is -0.491 e. The fraction of sp³-hybridized carbons (Fsp3) is 0.389. The predicted molar refractivity (Wildman–Crippen MR) is 114 cm³/mol. The largest absolute Gasteiger partial charge is 0.491 e. The summed E-state index contributed by atoms with van der Waals surface area (Å²) in [6.07, 6.45) is 0.979. The SMILES string of the molecule is CCOc1ccc(CNC(=NC)N(C)CCc2cccs2)cc1F.I. The Balaban J connectivity index is 0.00000312. The number of hydrogen-bond acceptors (Lipinski definition) is 3. The van der Waals surface area contributed by atoms with Gasteiger partial charge in [0.1, 0.15) is 0 Å². The van der Waals surface area contributed by atoms with Gasteiger partial charge in [-0.25, -0.2) is 4.39 Å². The lowest BCUT2D eigenvalue weighted by atomic mass is 10.2. The Morgan fingerprint density at radius 3 is 2.76 bits per heavy atom. The van der Waals surface area contributed by atoms with Crippen LogP contribution < -0.4 is 10.1 Å². The lowest BCUT2D eigenvalue weighted by Gasteiger charge is -2.22. The summed E-state index contributed by atoms with van der Waals surface area (Å²) in [5.41, 5.74) is 0.851. The van der Waals surface area contributed by atoms with Gasteiger partial charge >= 0.3 is 0 Å². The van der Waals surface area contributed by atoms with E-state index in [1.807, 2.05) is 20.0 Å². The van der Waals surface area contributed by atoms with Crippen LogP contribution in [0, 0.1) is 5.82 Å². The molecular weight excluding hydrogens is 452 g/mol. The summed E-state index contributed by atoms with van der Waals surface area (Å²) >= 11 is 1.76. The van der Waals surface area contributed by atoms with Crippen LogP contribution in [0.4, 0.5) is 4.39 Å². The second-order valence-corrected chi connectivity index (χ2v) is 6.38. The summed E-state index contributed by atoms with van der Waals surface area (Å²) in [6, 6.07) is 9.22. The highest BCUT2D eigenvalue weighted by molar-refractivity contribution is 14.0. The van der Waals surface area contributed by atoms with E-state index in [0.717, 1.165) is 24.5 Å². The lowest BCUT2D eigenvalue weighted by molar-refractivity contribution is 0.321. The number of nitrogens with zero attached hydrogens (tertiary/aromatic N) is 2. The zero-order chi connectivity index (χ0) is 17.4. The molecule has 0 aliphatic carbocycles. The zero-order valence-electron chi connectivity index (χ0n) is 14.8. The van der Waals surface area contributed by atoms with E-state index in [1.165, 1.54) is 10.9 Å². The summed E-state index contributed by atoms with van der Waals surface area (Å²) in [5, 5.41) is 5.35. The maximum Gasteiger partial charge on any atom is 0.193 e. The monoisotopic (exact) mass is 477 g/mol. The molecule has 0 spiro atoms. The molecule has 2 aromatic rings. The summed E-state index contributed by atoms with van der Waals surface area (Å²) in [4.78, 5) is 7.72. The maximum absolute atomic E-state index is 13.9. The number of benzene rings is 1. The molecule has 138 valence electrons. The molecular formula is C18H25FIN3OS. The second-order valence-electron chi connectivity index (χ2n) is 5.35. The van der Waals surface area contributed by atoms with Crippen molar-refractivity contribution in [3.8, 4) is 5.75 Å². The molecule has 1 N–H and O–H groups in total. The summed E-state index contributed by atoms with van der Waals surface area (Å²) in [7, 11) is 3.75. The Morgan fingerprint density at radius 1 is 1.36 bits per heavy atom. The quantitative estimate of drug-likeness (QED) is 0.370. The number of halogens is 2. The number of likely N-dealkylation sites (N-methyl/N-ethyl adjacent to an activating group) is 1. The van der Waals surface area contributed by atoms with E-state index >= 15 is 0 Å². The summed E-state index contributed by atoms with van der Waals surface area (Å²) < 4.78 is 19.1. The Hall–Kier alpha value is -1.35. The van der Waals surface area contributed by atoms with Crippen molar-refractivity contribution >= 4 is 41.3 Å². The third-order valence-corrected chi connectivity index (χ3v) is 4.53. The van der Waals surface area contributed by atoms with E-state index in [1.54, 1.807) is 24.5 Å². The Kier molecular flexibility index (Phi) is 9.81. The first-order chi connectivity index (χ1) is 11.6. The Morgan fingerprint density at radius 2 is 2.16 bits per heavy atom. The molecule has 1 aromatic carbocycles. The maximum atomic E-state index is 13.9. The molecule has 2 rings (SSSR count). The summed E-state index contributed by atoms with van der Waals surface area (Å²) in [5.74, 6) is 0.747. The van der Waals surface area contributed by atoms with Crippen LogP contribution in [0.25, 0.3) is 0 Å². The van der Waals surface area contributed by atoms with Crippen LogP contribution in [0.1, 0.15) is 17.4 Å². The number of hydrogen-bond donors (Lipinski definition) is 1. The van der Waals surface area contributed by atoms with Crippen LogP contribution >= 0.6 is 35.3 Å². The van der Waals surface area contributed by atoms with Crippen molar-refractivity contribution in [1.29, 1.82) is 0 Å². The van der Waals surface area contributed by atoms with Crippen LogP contribution in [-0.2, 0) is 13.0 Å². The van der Waals surface area contributed by atoms with Gasteiger partial charge in [-0.05, 0) is 42.5 Å². The molecule has 0 bridgehead atoms. The van der Waals surface area contributed by atoms with Gasteiger partial charge in [0.2, 0.25) is 0 Å². The van der Waals surface area contributed by atoms with Gasteiger partial charge < -0.3 is 15.0 Å². The molecule has 0 radical (unpaired) electrons.